The molecule has 0 aliphatic rings. The van der Waals surface area contributed by atoms with Crippen LogP contribution < -0.4 is 10.6 Å². The summed E-state index contributed by atoms with van der Waals surface area (Å²) in [6.07, 6.45) is 1.26. The van der Waals surface area contributed by atoms with E-state index in [4.69, 9.17) is 55.9 Å². The third kappa shape index (κ3) is 9.04. The van der Waals surface area contributed by atoms with Gasteiger partial charge in [-0.25, -0.2) is 0 Å². The maximum atomic E-state index is 12.5. The molecule has 0 unspecified atom stereocenters. The van der Waals surface area contributed by atoms with Crippen molar-refractivity contribution in [3.8, 4) is 0 Å². The van der Waals surface area contributed by atoms with E-state index in [0.29, 0.717) is 55.7 Å². The molecule has 0 heterocycles. The number of halogens is 4. The van der Waals surface area contributed by atoms with Gasteiger partial charge in [-0.3, -0.25) is 9.59 Å². The fourth-order valence-electron chi connectivity index (χ4n) is 4.09. The van der Waals surface area contributed by atoms with Crippen LogP contribution in [0, 0.1) is 0 Å². The quantitative estimate of drug-likeness (QED) is 0.111. The van der Waals surface area contributed by atoms with E-state index in [1.165, 1.54) is 0 Å². The van der Waals surface area contributed by atoms with Crippen LogP contribution in [0.1, 0.15) is 24.0 Å². The maximum absolute atomic E-state index is 12.5. The van der Waals surface area contributed by atoms with Gasteiger partial charge in [-0.2, -0.15) is 0 Å². The number of ether oxygens (including phenoxy) is 2. The van der Waals surface area contributed by atoms with Crippen LogP contribution >= 0.6 is 46.4 Å². The molecule has 0 radical (unpaired) electrons. The first-order valence-electron chi connectivity index (χ1n) is 13.2. The number of hydrogen-bond acceptors (Lipinski definition) is 6. The highest BCUT2D eigenvalue weighted by Gasteiger charge is 2.14. The van der Waals surface area contributed by atoms with E-state index in [1.807, 2.05) is 48.5 Å². The minimum Gasteiger partial charge on any atom is -0.465 e. The Labute approximate surface area is 264 Å². The van der Waals surface area contributed by atoms with Crippen LogP contribution in [0.3, 0.4) is 0 Å². The Morgan fingerprint density at radius 1 is 0.524 bits per heavy atom. The lowest BCUT2D eigenvalue weighted by molar-refractivity contribution is -0.145. The van der Waals surface area contributed by atoms with Gasteiger partial charge in [0.1, 0.15) is 0 Å². The summed E-state index contributed by atoms with van der Waals surface area (Å²) in [6, 6.07) is 25.2. The van der Waals surface area contributed by atoms with Gasteiger partial charge in [-0.15, -0.1) is 0 Å². The molecule has 0 saturated heterocycles. The number of rotatable bonds is 13. The number of unbranched alkanes of at least 4 members (excludes halogenated alkanes) is 1. The largest absolute Gasteiger partial charge is 0.465 e. The molecule has 218 valence electrons. The first-order valence-corrected chi connectivity index (χ1v) is 14.7. The summed E-state index contributed by atoms with van der Waals surface area (Å²) in [5.41, 5.74) is 4.06. The van der Waals surface area contributed by atoms with E-state index in [0.717, 1.165) is 11.1 Å². The third-order valence-corrected chi connectivity index (χ3v) is 7.47. The molecule has 42 heavy (non-hydrogen) atoms. The SMILES string of the molecule is O=C(Cc1ccccc1Nc1c(Cl)cccc1Cl)OCCCCOC(=O)Cc1ccccc1Nc1c(Cl)cccc1Cl. The van der Waals surface area contributed by atoms with Gasteiger partial charge < -0.3 is 20.1 Å². The summed E-state index contributed by atoms with van der Waals surface area (Å²) in [4.78, 5) is 25.0. The topological polar surface area (TPSA) is 76.7 Å². The van der Waals surface area contributed by atoms with Gasteiger partial charge in [0.2, 0.25) is 0 Å². The van der Waals surface area contributed by atoms with Gasteiger partial charge in [-0.1, -0.05) is 94.9 Å². The van der Waals surface area contributed by atoms with Crippen molar-refractivity contribution in [2.75, 3.05) is 23.8 Å². The first-order chi connectivity index (χ1) is 20.3. The molecule has 2 N–H and O–H groups in total. The van der Waals surface area contributed by atoms with Gasteiger partial charge in [-0.05, 0) is 60.4 Å². The molecule has 4 aromatic carbocycles. The zero-order chi connectivity index (χ0) is 29.9. The minimum atomic E-state index is -0.366. The van der Waals surface area contributed by atoms with Crippen molar-refractivity contribution >= 4 is 81.1 Å². The number of carbonyl (C=O) groups excluding carboxylic acids is 2. The standard InChI is InChI=1S/C32H28Cl4N2O4/c33-23-11-7-12-24(34)31(23)37-27-15-3-1-9-21(27)19-29(39)41-17-5-6-18-42-30(40)20-22-10-2-4-16-28(22)38-32-25(35)13-8-14-26(32)36/h1-4,7-16,37-38H,5-6,17-20H2. The molecule has 0 saturated carbocycles. The smallest absolute Gasteiger partial charge is 0.310 e. The Balaban J connectivity index is 1.19. The van der Waals surface area contributed by atoms with E-state index < -0.39 is 0 Å². The van der Waals surface area contributed by atoms with Crippen LogP contribution in [0.5, 0.6) is 0 Å². The van der Waals surface area contributed by atoms with Gasteiger partial charge in [0, 0.05) is 11.4 Å². The lowest BCUT2D eigenvalue weighted by atomic mass is 10.1. The lowest BCUT2D eigenvalue weighted by Gasteiger charge is -2.14. The van der Waals surface area contributed by atoms with Crippen LogP contribution in [-0.2, 0) is 31.9 Å². The molecule has 0 aliphatic carbocycles. The number of esters is 2. The Hall–Kier alpha value is -3.42. The van der Waals surface area contributed by atoms with Gasteiger partial charge >= 0.3 is 11.9 Å². The predicted molar refractivity (Wildman–Crippen MR) is 171 cm³/mol. The Bertz CT molecular complexity index is 1390. The zero-order valence-electron chi connectivity index (χ0n) is 22.5. The van der Waals surface area contributed by atoms with E-state index in [9.17, 15) is 9.59 Å². The summed E-state index contributed by atoms with van der Waals surface area (Å²) in [7, 11) is 0. The van der Waals surface area contributed by atoms with Crippen molar-refractivity contribution in [3.63, 3.8) is 0 Å². The summed E-state index contributed by atoms with van der Waals surface area (Å²) in [6.45, 7) is 0.432. The van der Waals surface area contributed by atoms with Crippen LogP contribution in [0.4, 0.5) is 22.7 Å². The van der Waals surface area contributed by atoms with E-state index in [1.54, 1.807) is 36.4 Å². The van der Waals surface area contributed by atoms with Crippen molar-refractivity contribution in [3.05, 3.63) is 116 Å². The molecule has 0 fully saturated rings. The average molecular weight is 646 g/mol. The molecule has 0 amide bonds. The van der Waals surface area contributed by atoms with Crippen LogP contribution in [0.25, 0.3) is 0 Å². The van der Waals surface area contributed by atoms with Crippen LogP contribution in [0.15, 0.2) is 84.9 Å². The Kier molecular flexibility index (Phi) is 11.8. The van der Waals surface area contributed by atoms with E-state index in [-0.39, 0.29) is 38.0 Å². The summed E-state index contributed by atoms with van der Waals surface area (Å²) >= 11 is 25.1. The fourth-order valence-corrected chi connectivity index (χ4v) is 5.07. The molecule has 10 heteroatoms. The highest BCUT2D eigenvalue weighted by Crippen LogP contribution is 2.35. The van der Waals surface area contributed by atoms with Crippen LogP contribution in [0.2, 0.25) is 20.1 Å². The Morgan fingerprint density at radius 3 is 1.26 bits per heavy atom. The van der Waals surface area contributed by atoms with Crippen molar-refractivity contribution in [2.24, 2.45) is 0 Å². The number of benzene rings is 4. The molecule has 4 aromatic rings. The molecule has 0 bridgehead atoms. The Morgan fingerprint density at radius 2 is 0.881 bits per heavy atom. The fraction of sp³-hybridized carbons (Fsp3) is 0.188. The van der Waals surface area contributed by atoms with E-state index >= 15 is 0 Å². The minimum absolute atomic E-state index is 0.0765. The number of nitrogens with one attached hydrogen (secondary N) is 2. The van der Waals surface area contributed by atoms with Gasteiger partial charge in [0.25, 0.3) is 0 Å². The molecule has 0 spiro atoms. The molecule has 0 aliphatic heterocycles. The van der Waals surface area contributed by atoms with Crippen molar-refractivity contribution < 1.29 is 19.1 Å². The van der Waals surface area contributed by atoms with Crippen molar-refractivity contribution in [2.45, 2.75) is 25.7 Å². The van der Waals surface area contributed by atoms with Crippen molar-refractivity contribution in [1.82, 2.24) is 0 Å². The average Bonchev–Trinajstić information content (AvgIpc) is 2.96. The second-order valence-electron chi connectivity index (χ2n) is 9.26. The molecule has 0 aromatic heterocycles. The molecular weight excluding hydrogens is 618 g/mol. The first kappa shape index (κ1) is 31.5. The summed E-state index contributed by atoms with van der Waals surface area (Å²) in [5, 5.41) is 8.32. The van der Waals surface area contributed by atoms with Crippen LogP contribution in [-0.4, -0.2) is 25.2 Å². The molecule has 6 nitrogen and oxygen atoms in total. The van der Waals surface area contributed by atoms with Crippen molar-refractivity contribution in [1.29, 1.82) is 0 Å². The van der Waals surface area contributed by atoms with Gasteiger partial charge in [0.05, 0.1) is 57.5 Å². The molecule has 0 atom stereocenters. The summed E-state index contributed by atoms with van der Waals surface area (Å²) < 4.78 is 10.8. The second-order valence-corrected chi connectivity index (χ2v) is 10.9. The van der Waals surface area contributed by atoms with Gasteiger partial charge in [0.15, 0.2) is 0 Å². The normalized spacial score (nSPS) is 10.7. The number of para-hydroxylation sites is 4. The zero-order valence-corrected chi connectivity index (χ0v) is 25.5. The highest BCUT2D eigenvalue weighted by molar-refractivity contribution is 6.39. The lowest BCUT2D eigenvalue weighted by Crippen LogP contribution is -2.12. The maximum Gasteiger partial charge on any atom is 0.310 e. The number of hydrogen-bond donors (Lipinski definition) is 2. The third-order valence-electron chi connectivity index (χ3n) is 6.21. The second kappa shape index (κ2) is 15.7. The predicted octanol–water partition coefficient (Wildman–Crippen LogP) is 9.44. The number of carbonyl (C=O) groups is 2. The highest BCUT2D eigenvalue weighted by atomic mass is 35.5. The number of anilines is 4. The summed E-state index contributed by atoms with van der Waals surface area (Å²) in [5.74, 6) is -0.733. The monoisotopic (exact) mass is 644 g/mol. The van der Waals surface area contributed by atoms with E-state index in [2.05, 4.69) is 10.6 Å². The molecule has 4 rings (SSSR count). The molecular formula is C32H28Cl4N2O4.